The highest BCUT2D eigenvalue weighted by molar-refractivity contribution is 7.89. The summed E-state index contributed by atoms with van der Waals surface area (Å²) in [6.45, 7) is -0.261. The van der Waals surface area contributed by atoms with Gasteiger partial charge >= 0.3 is 6.61 Å². The third-order valence-electron chi connectivity index (χ3n) is 5.58. The van der Waals surface area contributed by atoms with E-state index >= 15 is 0 Å². The fourth-order valence-electron chi connectivity index (χ4n) is 3.83. The summed E-state index contributed by atoms with van der Waals surface area (Å²) in [5, 5.41) is 0. The Morgan fingerprint density at radius 3 is 2.42 bits per heavy atom. The van der Waals surface area contributed by atoms with E-state index in [0.29, 0.717) is 24.2 Å². The van der Waals surface area contributed by atoms with Gasteiger partial charge in [0.15, 0.2) is 11.5 Å². The van der Waals surface area contributed by atoms with Gasteiger partial charge in [-0.25, -0.2) is 8.42 Å². The van der Waals surface area contributed by atoms with Crippen molar-refractivity contribution in [3.8, 4) is 11.5 Å². The molecule has 1 aliphatic rings. The van der Waals surface area contributed by atoms with Crippen LogP contribution in [0.25, 0.3) is 0 Å². The molecule has 33 heavy (non-hydrogen) atoms. The highest BCUT2D eigenvalue weighted by atomic mass is 32.2. The standard InChI is InChI=1S/C23H28F2N2O5S/c1-16-7-9-18(14-21(16)33(29,30)27-11-5-4-6-12-27)22(28)26(2)15-17-8-10-19(31-3)20(13-17)32-23(24)25/h7-10,13-14,23H,4-6,11-12,15H2,1-3H3. The lowest BCUT2D eigenvalue weighted by molar-refractivity contribution is -0.0512. The van der Waals surface area contributed by atoms with Crippen molar-refractivity contribution in [1.29, 1.82) is 0 Å². The van der Waals surface area contributed by atoms with Crippen LogP contribution in [0, 0.1) is 6.92 Å². The fraction of sp³-hybridized carbons (Fsp3) is 0.435. The maximum absolute atomic E-state index is 13.1. The number of aryl methyl sites for hydroxylation is 1. The van der Waals surface area contributed by atoms with Crippen LogP contribution in [0.3, 0.4) is 0 Å². The Balaban J connectivity index is 1.82. The normalized spacial score (nSPS) is 14.8. The van der Waals surface area contributed by atoms with E-state index < -0.39 is 22.5 Å². The van der Waals surface area contributed by atoms with Gasteiger partial charge in [0.1, 0.15) is 0 Å². The largest absolute Gasteiger partial charge is 0.493 e. The number of rotatable bonds is 8. The number of nitrogens with zero attached hydrogens (tertiary/aromatic N) is 2. The average molecular weight is 483 g/mol. The first-order valence-corrected chi connectivity index (χ1v) is 12.1. The van der Waals surface area contributed by atoms with Gasteiger partial charge in [0.2, 0.25) is 10.0 Å². The van der Waals surface area contributed by atoms with Crippen LogP contribution in [0.4, 0.5) is 8.78 Å². The van der Waals surface area contributed by atoms with Gasteiger partial charge < -0.3 is 14.4 Å². The van der Waals surface area contributed by atoms with E-state index in [0.717, 1.165) is 19.3 Å². The molecule has 0 unspecified atom stereocenters. The Hall–Kier alpha value is -2.72. The minimum absolute atomic E-state index is 0.102. The minimum Gasteiger partial charge on any atom is -0.493 e. The molecule has 1 fully saturated rings. The lowest BCUT2D eigenvalue weighted by atomic mass is 10.1. The van der Waals surface area contributed by atoms with Crippen LogP contribution >= 0.6 is 0 Å². The van der Waals surface area contributed by atoms with Gasteiger partial charge in [-0.15, -0.1) is 0 Å². The average Bonchev–Trinajstić information content (AvgIpc) is 2.79. The molecule has 2 aromatic rings. The monoisotopic (exact) mass is 482 g/mol. The lowest BCUT2D eigenvalue weighted by Gasteiger charge is -2.27. The third-order valence-corrected chi connectivity index (χ3v) is 7.62. The molecule has 1 saturated heterocycles. The van der Waals surface area contributed by atoms with Gasteiger partial charge in [-0.3, -0.25) is 4.79 Å². The first kappa shape index (κ1) is 24.9. The molecule has 1 heterocycles. The molecule has 0 N–H and O–H groups in total. The highest BCUT2D eigenvalue weighted by Crippen LogP contribution is 2.30. The van der Waals surface area contributed by atoms with Crippen molar-refractivity contribution in [3.05, 3.63) is 53.1 Å². The number of halogens is 2. The van der Waals surface area contributed by atoms with E-state index in [1.807, 2.05) is 0 Å². The summed E-state index contributed by atoms with van der Waals surface area (Å²) in [6.07, 6.45) is 2.64. The predicted molar refractivity (Wildman–Crippen MR) is 119 cm³/mol. The Labute approximate surface area is 192 Å². The number of sulfonamides is 1. The van der Waals surface area contributed by atoms with E-state index in [1.165, 1.54) is 34.5 Å². The van der Waals surface area contributed by atoms with Crippen molar-refractivity contribution in [2.45, 2.75) is 44.2 Å². The molecule has 180 valence electrons. The second-order valence-corrected chi connectivity index (χ2v) is 9.88. The van der Waals surface area contributed by atoms with Crippen LogP contribution in [-0.4, -0.2) is 57.4 Å². The summed E-state index contributed by atoms with van der Waals surface area (Å²) >= 11 is 0. The molecular formula is C23H28F2N2O5S. The molecular weight excluding hydrogens is 454 g/mol. The maximum atomic E-state index is 13.1. The van der Waals surface area contributed by atoms with Crippen LogP contribution in [0.2, 0.25) is 0 Å². The van der Waals surface area contributed by atoms with E-state index in [2.05, 4.69) is 4.74 Å². The maximum Gasteiger partial charge on any atom is 0.387 e. The summed E-state index contributed by atoms with van der Waals surface area (Å²) < 4.78 is 62.7. The van der Waals surface area contributed by atoms with Crippen molar-refractivity contribution in [3.63, 3.8) is 0 Å². The van der Waals surface area contributed by atoms with E-state index in [9.17, 15) is 22.0 Å². The molecule has 0 spiro atoms. The van der Waals surface area contributed by atoms with Gasteiger partial charge in [-0.2, -0.15) is 13.1 Å². The summed E-state index contributed by atoms with van der Waals surface area (Å²) in [5.74, 6) is -0.368. The van der Waals surface area contributed by atoms with Gasteiger partial charge in [0.25, 0.3) is 5.91 Å². The molecule has 2 aromatic carbocycles. The van der Waals surface area contributed by atoms with Crippen molar-refractivity contribution >= 4 is 15.9 Å². The number of methoxy groups -OCH3 is 1. The second kappa shape index (κ2) is 10.5. The third kappa shape index (κ3) is 5.80. The molecule has 0 radical (unpaired) electrons. The van der Waals surface area contributed by atoms with Crippen LogP contribution in [-0.2, 0) is 16.6 Å². The zero-order chi connectivity index (χ0) is 24.2. The molecule has 0 atom stereocenters. The number of hydrogen-bond donors (Lipinski definition) is 0. The number of ether oxygens (including phenoxy) is 2. The Kier molecular flexibility index (Phi) is 7.91. The molecule has 0 bridgehead atoms. The van der Waals surface area contributed by atoms with Crippen molar-refractivity contribution in [2.75, 3.05) is 27.2 Å². The number of benzene rings is 2. The zero-order valence-corrected chi connectivity index (χ0v) is 19.7. The number of carbonyl (C=O) groups excluding carboxylic acids is 1. The second-order valence-electron chi connectivity index (χ2n) is 7.97. The number of hydrogen-bond acceptors (Lipinski definition) is 5. The van der Waals surface area contributed by atoms with E-state index in [1.54, 1.807) is 32.2 Å². The fourth-order valence-corrected chi connectivity index (χ4v) is 5.60. The van der Waals surface area contributed by atoms with Crippen LogP contribution in [0.5, 0.6) is 11.5 Å². The molecule has 1 aliphatic heterocycles. The molecule has 10 heteroatoms. The van der Waals surface area contributed by atoms with Crippen molar-refractivity contribution in [2.24, 2.45) is 0 Å². The molecule has 1 amide bonds. The molecule has 0 saturated carbocycles. The molecule has 0 aliphatic carbocycles. The van der Waals surface area contributed by atoms with Gasteiger partial charge in [-0.05, 0) is 55.2 Å². The number of piperidine rings is 1. The summed E-state index contributed by atoms with van der Waals surface area (Å²) in [4.78, 5) is 14.6. The topological polar surface area (TPSA) is 76.2 Å². The van der Waals surface area contributed by atoms with Crippen LogP contribution < -0.4 is 9.47 Å². The predicted octanol–water partition coefficient (Wildman–Crippen LogP) is 4.05. The first-order chi connectivity index (χ1) is 15.6. The zero-order valence-electron chi connectivity index (χ0n) is 18.9. The lowest BCUT2D eigenvalue weighted by Crippen LogP contribution is -2.36. The molecule has 7 nitrogen and oxygen atoms in total. The summed E-state index contributed by atoms with van der Waals surface area (Å²) in [6, 6.07) is 9.14. The summed E-state index contributed by atoms with van der Waals surface area (Å²) in [5.41, 5.74) is 1.36. The Bertz CT molecular complexity index is 1100. The number of amides is 1. The van der Waals surface area contributed by atoms with E-state index in [-0.39, 0.29) is 28.5 Å². The number of alkyl halides is 2. The quantitative estimate of drug-likeness (QED) is 0.567. The Morgan fingerprint density at radius 1 is 1.09 bits per heavy atom. The van der Waals surface area contributed by atoms with Crippen molar-refractivity contribution < 1.29 is 31.5 Å². The van der Waals surface area contributed by atoms with Gasteiger partial charge in [0, 0.05) is 32.2 Å². The van der Waals surface area contributed by atoms with Gasteiger partial charge in [0.05, 0.1) is 12.0 Å². The SMILES string of the molecule is COc1ccc(CN(C)C(=O)c2ccc(C)c(S(=O)(=O)N3CCCCC3)c2)cc1OC(F)F. The van der Waals surface area contributed by atoms with E-state index in [4.69, 9.17) is 4.74 Å². The van der Waals surface area contributed by atoms with Crippen LogP contribution in [0.15, 0.2) is 41.3 Å². The smallest absolute Gasteiger partial charge is 0.387 e. The molecule has 0 aromatic heterocycles. The van der Waals surface area contributed by atoms with Gasteiger partial charge in [-0.1, -0.05) is 18.6 Å². The molecule has 3 rings (SSSR count). The summed E-state index contributed by atoms with van der Waals surface area (Å²) in [7, 11) is -0.799. The number of carbonyl (C=O) groups is 1. The first-order valence-electron chi connectivity index (χ1n) is 10.6. The van der Waals surface area contributed by atoms with Crippen molar-refractivity contribution in [1.82, 2.24) is 9.21 Å². The minimum atomic E-state index is -3.70. The van der Waals surface area contributed by atoms with Crippen LogP contribution in [0.1, 0.15) is 40.7 Å². The highest BCUT2D eigenvalue weighted by Gasteiger charge is 2.28. The Morgan fingerprint density at radius 2 is 1.79 bits per heavy atom.